The Kier molecular flexibility index (Phi) is 4.16. The summed E-state index contributed by atoms with van der Waals surface area (Å²) >= 11 is 0. The number of methoxy groups -OCH3 is 1. The molecular formula is C21H19FN2O4. The molecule has 0 atom stereocenters. The van der Waals surface area contributed by atoms with Crippen molar-refractivity contribution in [1.29, 1.82) is 0 Å². The van der Waals surface area contributed by atoms with E-state index in [1.165, 1.54) is 12.1 Å². The molecule has 0 spiro atoms. The van der Waals surface area contributed by atoms with Crippen molar-refractivity contribution in [3.8, 4) is 28.5 Å². The van der Waals surface area contributed by atoms with Crippen LogP contribution in [-0.4, -0.2) is 30.5 Å². The van der Waals surface area contributed by atoms with Gasteiger partial charge in [0.1, 0.15) is 17.3 Å². The minimum absolute atomic E-state index is 0.208. The third kappa shape index (κ3) is 2.97. The predicted molar refractivity (Wildman–Crippen MR) is 98.8 cm³/mol. The summed E-state index contributed by atoms with van der Waals surface area (Å²) in [5.74, 6) is 2.62. The first-order valence-corrected chi connectivity index (χ1v) is 9.13. The SMILES string of the molecule is COc1cc(CN2CCc3onc(-c4cccc(F)c4)c3C2)cc2c1OCO2. The van der Waals surface area contributed by atoms with Crippen molar-refractivity contribution in [2.24, 2.45) is 0 Å². The third-order valence-electron chi connectivity index (χ3n) is 5.13. The summed E-state index contributed by atoms with van der Waals surface area (Å²) in [5, 5.41) is 4.20. The summed E-state index contributed by atoms with van der Waals surface area (Å²) in [5.41, 5.74) is 3.54. The summed E-state index contributed by atoms with van der Waals surface area (Å²) in [7, 11) is 1.62. The molecule has 0 bridgehead atoms. The van der Waals surface area contributed by atoms with E-state index in [0.29, 0.717) is 29.5 Å². The van der Waals surface area contributed by atoms with E-state index in [0.717, 1.165) is 42.0 Å². The molecule has 2 aliphatic rings. The molecule has 0 radical (unpaired) electrons. The van der Waals surface area contributed by atoms with Crippen LogP contribution in [0.15, 0.2) is 40.9 Å². The quantitative estimate of drug-likeness (QED) is 0.685. The molecule has 5 rings (SSSR count). The molecule has 0 aliphatic carbocycles. The lowest BCUT2D eigenvalue weighted by Crippen LogP contribution is -2.29. The Balaban J connectivity index is 1.40. The Hall–Kier alpha value is -3.06. The van der Waals surface area contributed by atoms with E-state index in [9.17, 15) is 4.39 Å². The molecule has 28 heavy (non-hydrogen) atoms. The number of hydrogen-bond donors (Lipinski definition) is 0. The Bertz CT molecular complexity index is 1030. The maximum absolute atomic E-state index is 13.6. The summed E-state index contributed by atoms with van der Waals surface area (Å²) < 4.78 is 35.6. The molecule has 0 saturated carbocycles. The van der Waals surface area contributed by atoms with E-state index in [4.69, 9.17) is 18.7 Å². The first-order valence-electron chi connectivity index (χ1n) is 9.13. The minimum Gasteiger partial charge on any atom is -0.493 e. The molecule has 0 N–H and O–H groups in total. The number of halogens is 1. The lowest BCUT2D eigenvalue weighted by Gasteiger charge is -2.26. The standard InChI is InChI=1S/C21H19FN2O4/c1-25-18-7-13(8-19-21(18)27-12-26-19)10-24-6-5-17-16(11-24)20(23-28-17)14-3-2-4-15(22)9-14/h2-4,7-9H,5-6,10-12H2,1H3. The molecule has 144 valence electrons. The second-order valence-corrected chi connectivity index (χ2v) is 6.94. The number of hydrogen-bond acceptors (Lipinski definition) is 6. The second kappa shape index (κ2) is 6.83. The lowest BCUT2D eigenvalue weighted by atomic mass is 10.0. The van der Waals surface area contributed by atoms with Crippen LogP contribution in [-0.2, 0) is 19.5 Å². The normalized spacial score (nSPS) is 15.5. The van der Waals surface area contributed by atoms with Crippen molar-refractivity contribution in [3.05, 3.63) is 59.1 Å². The Morgan fingerprint density at radius 3 is 3.00 bits per heavy atom. The van der Waals surface area contributed by atoms with Gasteiger partial charge in [-0.1, -0.05) is 17.3 Å². The van der Waals surface area contributed by atoms with Crippen molar-refractivity contribution in [3.63, 3.8) is 0 Å². The fourth-order valence-corrected chi connectivity index (χ4v) is 3.80. The highest BCUT2D eigenvalue weighted by Gasteiger charge is 2.26. The summed E-state index contributed by atoms with van der Waals surface area (Å²) in [6.07, 6.45) is 0.763. The van der Waals surface area contributed by atoms with E-state index in [1.54, 1.807) is 13.2 Å². The van der Waals surface area contributed by atoms with Crippen molar-refractivity contribution < 1.29 is 23.1 Å². The van der Waals surface area contributed by atoms with Gasteiger partial charge in [-0.2, -0.15) is 0 Å². The summed E-state index contributed by atoms with van der Waals surface area (Å²) in [6.45, 7) is 2.46. The fourth-order valence-electron chi connectivity index (χ4n) is 3.80. The van der Waals surface area contributed by atoms with Crippen LogP contribution in [0.5, 0.6) is 17.2 Å². The Morgan fingerprint density at radius 1 is 1.21 bits per heavy atom. The molecule has 6 nitrogen and oxygen atoms in total. The zero-order chi connectivity index (χ0) is 19.1. The van der Waals surface area contributed by atoms with Gasteiger partial charge in [0, 0.05) is 37.2 Å². The minimum atomic E-state index is -0.283. The molecule has 3 aromatic rings. The molecule has 3 heterocycles. The summed E-state index contributed by atoms with van der Waals surface area (Å²) in [6, 6.07) is 10.4. The van der Waals surface area contributed by atoms with Crippen LogP contribution in [0.2, 0.25) is 0 Å². The van der Waals surface area contributed by atoms with Gasteiger partial charge in [0.2, 0.25) is 12.5 Å². The Labute approximate surface area is 161 Å². The van der Waals surface area contributed by atoms with Gasteiger partial charge in [-0.25, -0.2) is 4.39 Å². The molecule has 2 aromatic carbocycles. The van der Waals surface area contributed by atoms with E-state index >= 15 is 0 Å². The van der Waals surface area contributed by atoms with Crippen molar-refractivity contribution in [2.45, 2.75) is 19.5 Å². The number of benzene rings is 2. The van der Waals surface area contributed by atoms with E-state index in [2.05, 4.69) is 10.1 Å². The zero-order valence-electron chi connectivity index (χ0n) is 15.4. The van der Waals surface area contributed by atoms with Gasteiger partial charge in [0.25, 0.3) is 0 Å². The van der Waals surface area contributed by atoms with Crippen LogP contribution in [0.3, 0.4) is 0 Å². The predicted octanol–water partition coefficient (Wildman–Crippen LogP) is 3.78. The molecule has 1 aromatic heterocycles. The molecular weight excluding hydrogens is 363 g/mol. The van der Waals surface area contributed by atoms with Gasteiger partial charge in [0.15, 0.2) is 11.5 Å². The molecule has 0 fully saturated rings. The molecule has 7 heteroatoms. The number of aromatic nitrogens is 1. The highest BCUT2D eigenvalue weighted by Crippen LogP contribution is 2.42. The first-order chi connectivity index (χ1) is 13.7. The van der Waals surface area contributed by atoms with Gasteiger partial charge in [-0.3, -0.25) is 4.90 Å². The van der Waals surface area contributed by atoms with E-state index in [-0.39, 0.29) is 12.6 Å². The van der Waals surface area contributed by atoms with Crippen molar-refractivity contribution in [2.75, 3.05) is 20.4 Å². The van der Waals surface area contributed by atoms with Crippen molar-refractivity contribution >= 4 is 0 Å². The topological polar surface area (TPSA) is 57.0 Å². The molecule has 0 saturated heterocycles. The fraction of sp³-hybridized carbons (Fsp3) is 0.286. The number of nitrogens with zero attached hydrogens (tertiary/aromatic N) is 2. The van der Waals surface area contributed by atoms with Crippen LogP contribution < -0.4 is 14.2 Å². The number of fused-ring (bicyclic) bond motifs is 2. The largest absolute Gasteiger partial charge is 0.493 e. The maximum atomic E-state index is 13.6. The van der Waals surface area contributed by atoms with Crippen LogP contribution in [0.4, 0.5) is 4.39 Å². The third-order valence-corrected chi connectivity index (χ3v) is 5.13. The van der Waals surface area contributed by atoms with Gasteiger partial charge < -0.3 is 18.7 Å². The van der Waals surface area contributed by atoms with Crippen LogP contribution in [0.25, 0.3) is 11.3 Å². The zero-order valence-corrected chi connectivity index (χ0v) is 15.4. The average Bonchev–Trinajstić information content (AvgIpc) is 3.34. The van der Waals surface area contributed by atoms with Crippen molar-refractivity contribution in [1.82, 2.24) is 10.1 Å². The molecule has 0 amide bonds. The second-order valence-electron chi connectivity index (χ2n) is 6.94. The smallest absolute Gasteiger partial charge is 0.231 e. The number of ether oxygens (including phenoxy) is 3. The summed E-state index contributed by atoms with van der Waals surface area (Å²) in [4.78, 5) is 2.30. The van der Waals surface area contributed by atoms with Crippen LogP contribution in [0, 0.1) is 5.82 Å². The van der Waals surface area contributed by atoms with E-state index < -0.39 is 0 Å². The van der Waals surface area contributed by atoms with Gasteiger partial charge >= 0.3 is 0 Å². The Morgan fingerprint density at radius 2 is 2.14 bits per heavy atom. The van der Waals surface area contributed by atoms with Gasteiger partial charge in [-0.05, 0) is 29.8 Å². The molecule has 2 aliphatic heterocycles. The average molecular weight is 382 g/mol. The first kappa shape index (κ1) is 17.1. The van der Waals surface area contributed by atoms with E-state index in [1.807, 2.05) is 18.2 Å². The number of rotatable bonds is 4. The monoisotopic (exact) mass is 382 g/mol. The highest BCUT2D eigenvalue weighted by atomic mass is 19.1. The van der Waals surface area contributed by atoms with Gasteiger partial charge in [-0.15, -0.1) is 0 Å². The van der Waals surface area contributed by atoms with Gasteiger partial charge in [0.05, 0.1) is 7.11 Å². The molecule has 0 unspecified atom stereocenters. The maximum Gasteiger partial charge on any atom is 0.231 e. The van der Waals surface area contributed by atoms with Crippen LogP contribution >= 0.6 is 0 Å². The lowest BCUT2D eigenvalue weighted by molar-refractivity contribution is 0.171. The highest BCUT2D eigenvalue weighted by molar-refractivity contribution is 5.63. The van der Waals surface area contributed by atoms with Crippen LogP contribution in [0.1, 0.15) is 16.9 Å².